The topological polar surface area (TPSA) is 29.1 Å². The van der Waals surface area contributed by atoms with Crippen LogP contribution in [0.3, 0.4) is 0 Å². The van der Waals surface area contributed by atoms with E-state index in [0.717, 1.165) is 18.5 Å². The highest BCUT2D eigenvalue weighted by Gasteiger charge is 2.15. The predicted octanol–water partition coefficient (Wildman–Crippen LogP) is 3.33. The number of benzene rings is 1. The molecule has 1 N–H and O–H groups in total. The third-order valence-electron chi connectivity index (χ3n) is 2.19. The van der Waals surface area contributed by atoms with Crippen molar-refractivity contribution in [1.82, 2.24) is 5.32 Å². The van der Waals surface area contributed by atoms with E-state index in [1.165, 1.54) is 11.1 Å². The van der Waals surface area contributed by atoms with E-state index in [1.807, 2.05) is 46.8 Å². The molecular weight excluding hydrogens is 198 g/mol. The zero-order chi connectivity index (χ0) is 12.6. The molecule has 0 spiro atoms. The van der Waals surface area contributed by atoms with E-state index in [2.05, 4.69) is 11.4 Å². The van der Waals surface area contributed by atoms with Gasteiger partial charge in [0, 0.05) is 12.1 Å². The molecule has 1 amide bonds. The van der Waals surface area contributed by atoms with Gasteiger partial charge in [-0.15, -0.1) is 0 Å². The summed E-state index contributed by atoms with van der Waals surface area (Å²) in [5.41, 5.74) is 3.24. The van der Waals surface area contributed by atoms with Crippen LogP contribution in [0, 0.1) is 6.92 Å². The molecule has 2 nitrogen and oxygen atoms in total. The molecule has 0 aliphatic carbocycles. The number of carbonyl (C=O) groups excluding carboxylic acids is 1. The van der Waals surface area contributed by atoms with Crippen LogP contribution in [0.15, 0.2) is 18.2 Å². The summed E-state index contributed by atoms with van der Waals surface area (Å²) in [6.07, 6.45) is 0.961. The molecule has 1 aromatic carbocycles. The fourth-order valence-corrected chi connectivity index (χ4v) is 1.56. The van der Waals surface area contributed by atoms with E-state index >= 15 is 0 Å². The van der Waals surface area contributed by atoms with Crippen LogP contribution in [0.5, 0.6) is 0 Å². The molecule has 0 atom stereocenters. The van der Waals surface area contributed by atoms with Gasteiger partial charge in [-0.1, -0.05) is 45.4 Å². The van der Waals surface area contributed by atoms with Crippen LogP contribution in [-0.4, -0.2) is 12.5 Å². The fraction of sp³-hybridized carbons (Fsp3) is 0.500. The van der Waals surface area contributed by atoms with Gasteiger partial charge in [0.05, 0.1) is 0 Å². The highest BCUT2D eigenvalue weighted by atomic mass is 16.1. The van der Waals surface area contributed by atoms with Crippen LogP contribution < -0.4 is 5.32 Å². The van der Waals surface area contributed by atoms with Crippen molar-refractivity contribution < 1.29 is 4.79 Å². The number of rotatable bonds is 0. The molecule has 0 radical (unpaired) electrons. The van der Waals surface area contributed by atoms with Gasteiger partial charge in [0.15, 0.2) is 0 Å². The molecule has 16 heavy (non-hydrogen) atoms. The molecule has 1 aromatic rings. The van der Waals surface area contributed by atoms with Gasteiger partial charge < -0.3 is 5.32 Å². The number of hydrogen-bond acceptors (Lipinski definition) is 1. The molecule has 0 aromatic heterocycles. The minimum Gasteiger partial charge on any atom is -0.352 e. The van der Waals surface area contributed by atoms with Crippen molar-refractivity contribution in [2.45, 2.75) is 41.0 Å². The number of hydrogen-bond donors (Lipinski definition) is 1. The predicted molar refractivity (Wildman–Crippen MR) is 69.9 cm³/mol. The van der Waals surface area contributed by atoms with Crippen LogP contribution in [0.25, 0.3) is 0 Å². The van der Waals surface area contributed by atoms with Crippen molar-refractivity contribution in [1.29, 1.82) is 0 Å². The second kappa shape index (κ2) is 7.91. The van der Waals surface area contributed by atoms with Crippen LogP contribution in [0.1, 0.15) is 49.2 Å². The van der Waals surface area contributed by atoms with Gasteiger partial charge in [-0.25, -0.2) is 0 Å². The van der Waals surface area contributed by atoms with Gasteiger partial charge >= 0.3 is 0 Å². The Morgan fingerprint density at radius 1 is 1.12 bits per heavy atom. The molecule has 2 rings (SSSR count). The molecule has 0 unspecified atom stereocenters. The molecular formula is C14H23NO. The van der Waals surface area contributed by atoms with Gasteiger partial charge in [-0.2, -0.15) is 0 Å². The molecule has 1 aliphatic rings. The third-order valence-corrected chi connectivity index (χ3v) is 2.19. The number of nitrogens with one attached hydrogen (secondary N) is 1. The summed E-state index contributed by atoms with van der Waals surface area (Å²) >= 11 is 0. The van der Waals surface area contributed by atoms with Gasteiger partial charge in [-0.3, -0.25) is 4.79 Å². The summed E-state index contributed by atoms with van der Waals surface area (Å²) in [4.78, 5) is 11.3. The first-order chi connectivity index (χ1) is 7.77. The van der Waals surface area contributed by atoms with Crippen molar-refractivity contribution in [3.8, 4) is 0 Å². The first-order valence-electron chi connectivity index (χ1n) is 6.15. The lowest BCUT2D eigenvalue weighted by atomic mass is 9.98. The number of fused-ring (bicyclic) bond motifs is 1. The Bertz CT molecular complexity index is 332. The van der Waals surface area contributed by atoms with Crippen molar-refractivity contribution >= 4 is 5.91 Å². The minimum atomic E-state index is 0.0660. The van der Waals surface area contributed by atoms with Gasteiger partial charge in [0.2, 0.25) is 0 Å². The SMILES string of the molecule is CC.CC.Cc1ccc2c(c1)CCNC2=O. The highest BCUT2D eigenvalue weighted by Crippen LogP contribution is 2.14. The quantitative estimate of drug-likeness (QED) is 0.715. The molecule has 0 saturated heterocycles. The van der Waals surface area contributed by atoms with Gasteiger partial charge in [-0.05, 0) is 25.0 Å². The molecule has 0 fully saturated rings. The van der Waals surface area contributed by atoms with Crippen LogP contribution in [0.2, 0.25) is 0 Å². The zero-order valence-electron chi connectivity index (χ0n) is 11.1. The summed E-state index contributed by atoms with van der Waals surface area (Å²) in [7, 11) is 0. The Hall–Kier alpha value is -1.31. The lowest BCUT2D eigenvalue weighted by Crippen LogP contribution is -2.31. The molecule has 1 heterocycles. The van der Waals surface area contributed by atoms with Gasteiger partial charge in [0.1, 0.15) is 0 Å². The van der Waals surface area contributed by atoms with Crippen LogP contribution in [0.4, 0.5) is 0 Å². The first-order valence-corrected chi connectivity index (χ1v) is 6.15. The smallest absolute Gasteiger partial charge is 0.251 e. The third kappa shape index (κ3) is 3.69. The lowest BCUT2D eigenvalue weighted by molar-refractivity contribution is 0.0946. The van der Waals surface area contributed by atoms with Crippen molar-refractivity contribution in [2.24, 2.45) is 0 Å². The Morgan fingerprint density at radius 3 is 2.38 bits per heavy atom. The van der Waals surface area contributed by atoms with E-state index < -0.39 is 0 Å². The Labute approximate surface area is 99.1 Å². The maximum Gasteiger partial charge on any atom is 0.251 e. The monoisotopic (exact) mass is 221 g/mol. The molecule has 0 saturated carbocycles. The summed E-state index contributed by atoms with van der Waals surface area (Å²) < 4.78 is 0. The zero-order valence-corrected chi connectivity index (χ0v) is 11.1. The largest absolute Gasteiger partial charge is 0.352 e. The van der Waals surface area contributed by atoms with Crippen molar-refractivity contribution in [3.05, 3.63) is 34.9 Å². The average Bonchev–Trinajstić information content (AvgIpc) is 2.34. The van der Waals surface area contributed by atoms with E-state index in [4.69, 9.17) is 0 Å². The molecule has 90 valence electrons. The van der Waals surface area contributed by atoms with Crippen LogP contribution >= 0.6 is 0 Å². The summed E-state index contributed by atoms with van der Waals surface area (Å²) in [5.74, 6) is 0.0660. The lowest BCUT2D eigenvalue weighted by Gasteiger charge is -2.16. The Kier molecular flexibility index (Phi) is 7.27. The number of amides is 1. The van der Waals surface area contributed by atoms with E-state index in [-0.39, 0.29) is 5.91 Å². The van der Waals surface area contributed by atoms with Crippen LogP contribution in [-0.2, 0) is 6.42 Å². The Morgan fingerprint density at radius 2 is 1.75 bits per heavy atom. The van der Waals surface area contributed by atoms with E-state index in [0.29, 0.717) is 0 Å². The van der Waals surface area contributed by atoms with E-state index in [9.17, 15) is 4.79 Å². The average molecular weight is 221 g/mol. The summed E-state index contributed by atoms with van der Waals surface area (Å²) in [6.45, 7) is 10.8. The van der Waals surface area contributed by atoms with Crippen molar-refractivity contribution in [2.75, 3.05) is 6.54 Å². The second-order valence-electron chi connectivity index (χ2n) is 3.17. The number of carbonyl (C=O) groups is 1. The normalized spacial score (nSPS) is 12.2. The number of aryl methyl sites for hydroxylation is 1. The minimum absolute atomic E-state index is 0.0660. The standard InChI is InChI=1S/C10H11NO.2C2H6/c1-7-2-3-9-8(6-7)4-5-11-10(9)12;2*1-2/h2-3,6H,4-5H2,1H3,(H,11,12);2*1-2H3. The van der Waals surface area contributed by atoms with E-state index in [1.54, 1.807) is 0 Å². The molecule has 2 heteroatoms. The Balaban J connectivity index is 0.000000509. The highest BCUT2D eigenvalue weighted by molar-refractivity contribution is 5.96. The summed E-state index contributed by atoms with van der Waals surface area (Å²) in [6, 6.07) is 5.97. The van der Waals surface area contributed by atoms with Gasteiger partial charge in [0.25, 0.3) is 5.91 Å². The second-order valence-corrected chi connectivity index (χ2v) is 3.17. The van der Waals surface area contributed by atoms with Crippen molar-refractivity contribution in [3.63, 3.8) is 0 Å². The summed E-state index contributed by atoms with van der Waals surface area (Å²) in [5, 5.41) is 2.82. The molecule has 1 aliphatic heterocycles. The first kappa shape index (κ1) is 14.7. The fourth-order valence-electron chi connectivity index (χ4n) is 1.56. The maximum absolute atomic E-state index is 11.3. The maximum atomic E-state index is 11.3. The molecule has 0 bridgehead atoms.